The molecule has 0 fully saturated rings. The molecule has 0 aliphatic heterocycles. The number of H-pyrrole nitrogens is 1. The second-order valence-electron chi connectivity index (χ2n) is 4.88. The van der Waals surface area contributed by atoms with Crippen LogP contribution in [0.5, 0.6) is 5.75 Å². The topological polar surface area (TPSA) is 42.8 Å². The number of rotatable bonds is 5. The van der Waals surface area contributed by atoms with Gasteiger partial charge in [-0.25, -0.2) is 4.98 Å². The Bertz CT molecular complexity index is 816. The predicted molar refractivity (Wildman–Crippen MR) is 88.9 cm³/mol. The number of fused-ring (bicyclic) bond motifs is 1. The average molecular weight is 319 g/mol. The van der Waals surface area contributed by atoms with Crippen molar-refractivity contribution in [3.05, 3.63) is 39.1 Å². The lowest BCUT2D eigenvalue weighted by Gasteiger charge is -2.06. The largest absolute Gasteiger partial charge is 0.491 e. The maximum Gasteiger partial charge on any atom is 0.178 e. The number of hydrogen-bond acceptors (Lipinski definition) is 4. The maximum absolute atomic E-state index is 5.79. The Kier molecular flexibility index (Phi) is 4.07. The van der Waals surface area contributed by atoms with Crippen LogP contribution in [0.2, 0.25) is 0 Å². The Labute approximate surface area is 132 Å². The summed E-state index contributed by atoms with van der Waals surface area (Å²) in [5, 5.41) is 1.06. The molecule has 1 N–H and O–H groups in total. The van der Waals surface area contributed by atoms with Gasteiger partial charge in [0.15, 0.2) is 4.77 Å². The Hall–Kier alpha value is -1.66. The van der Waals surface area contributed by atoms with Crippen LogP contribution in [0.15, 0.2) is 24.4 Å². The van der Waals surface area contributed by atoms with E-state index in [1.54, 1.807) is 11.3 Å². The van der Waals surface area contributed by atoms with Crippen LogP contribution >= 0.6 is 23.6 Å². The minimum Gasteiger partial charge on any atom is -0.491 e. The van der Waals surface area contributed by atoms with Crippen LogP contribution < -0.4 is 4.74 Å². The third kappa shape index (κ3) is 2.87. The van der Waals surface area contributed by atoms with E-state index in [0.717, 1.165) is 28.2 Å². The summed E-state index contributed by atoms with van der Waals surface area (Å²) in [6.07, 6.45) is 2.88. The summed E-state index contributed by atoms with van der Waals surface area (Å²) in [6, 6.07) is 6.03. The highest BCUT2D eigenvalue weighted by Crippen LogP contribution is 2.26. The normalized spacial score (nSPS) is 11.1. The fourth-order valence-electron chi connectivity index (χ4n) is 2.25. The number of nitrogens with one attached hydrogen (secondary N) is 1. The van der Waals surface area contributed by atoms with Crippen LogP contribution in [0.1, 0.15) is 23.2 Å². The lowest BCUT2D eigenvalue weighted by molar-refractivity contribution is 0.320. The molecule has 4 nitrogen and oxygen atoms in total. The lowest BCUT2D eigenvalue weighted by atomic mass is 10.3. The summed E-state index contributed by atoms with van der Waals surface area (Å²) in [5.41, 5.74) is 2.02. The smallest absolute Gasteiger partial charge is 0.178 e. The van der Waals surface area contributed by atoms with Crippen molar-refractivity contribution in [3.63, 3.8) is 0 Å². The maximum atomic E-state index is 5.79. The first kappa shape index (κ1) is 14.3. The highest BCUT2D eigenvalue weighted by Gasteiger charge is 2.10. The second-order valence-corrected chi connectivity index (χ2v) is 6.59. The highest BCUT2D eigenvalue weighted by molar-refractivity contribution is 7.71. The average Bonchev–Trinajstić information content (AvgIpc) is 3.02. The van der Waals surface area contributed by atoms with Crippen molar-refractivity contribution in [2.75, 3.05) is 6.61 Å². The SMILES string of the molecule is CCCOc1cccc2c1[nH]c(=S)n2Cc1ncc(C)s1. The zero-order valence-corrected chi connectivity index (χ0v) is 13.7. The number of imidazole rings is 1. The van der Waals surface area contributed by atoms with E-state index in [9.17, 15) is 0 Å². The van der Waals surface area contributed by atoms with Gasteiger partial charge in [0.2, 0.25) is 0 Å². The minimum absolute atomic E-state index is 0.689. The van der Waals surface area contributed by atoms with E-state index in [1.807, 2.05) is 18.3 Å². The van der Waals surface area contributed by atoms with Gasteiger partial charge >= 0.3 is 0 Å². The number of aryl methyl sites for hydroxylation is 1. The van der Waals surface area contributed by atoms with Gasteiger partial charge in [-0.2, -0.15) is 0 Å². The molecule has 1 aromatic carbocycles. The summed E-state index contributed by atoms with van der Waals surface area (Å²) in [5.74, 6) is 0.856. The molecule has 0 unspecified atom stereocenters. The summed E-state index contributed by atoms with van der Waals surface area (Å²) >= 11 is 7.16. The van der Waals surface area contributed by atoms with Crippen molar-refractivity contribution in [2.24, 2.45) is 0 Å². The molecular formula is C15H17N3OS2. The van der Waals surface area contributed by atoms with Crippen LogP contribution in [-0.4, -0.2) is 21.1 Å². The van der Waals surface area contributed by atoms with Crippen molar-refractivity contribution in [3.8, 4) is 5.75 Å². The first-order valence-electron chi connectivity index (χ1n) is 6.94. The number of benzene rings is 1. The van der Waals surface area contributed by atoms with Crippen molar-refractivity contribution in [1.29, 1.82) is 0 Å². The molecule has 3 aromatic rings. The van der Waals surface area contributed by atoms with Gasteiger partial charge in [0.25, 0.3) is 0 Å². The first-order valence-corrected chi connectivity index (χ1v) is 8.17. The standard InChI is InChI=1S/C15H17N3OS2/c1-3-7-19-12-6-4-5-11-14(12)17-15(20)18(11)9-13-16-8-10(2)21-13/h4-6,8H,3,7,9H2,1-2H3,(H,17,20). The molecule has 0 saturated carbocycles. The first-order chi connectivity index (χ1) is 10.2. The molecule has 110 valence electrons. The summed E-state index contributed by atoms with van der Waals surface area (Å²) in [6.45, 7) is 5.55. The van der Waals surface area contributed by atoms with Crippen LogP contribution in [0.25, 0.3) is 11.0 Å². The van der Waals surface area contributed by atoms with Crippen LogP contribution in [0.3, 0.4) is 0 Å². The van der Waals surface area contributed by atoms with Crippen LogP contribution in [-0.2, 0) is 6.54 Å². The fourth-order valence-corrected chi connectivity index (χ4v) is 3.29. The number of nitrogens with zero attached hydrogens (tertiary/aromatic N) is 2. The van der Waals surface area contributed by atoms with Gasteiger partial charge in [-0.1, -0.05) is 13.0 Å². The van der Waals surface area contributed by atoms with Crippen LogP contribution in [0.4, 0.5) is 0 Å². The number of para-hydroxylation sites is 1. The molecule has 2 aromatic heterocycles. The predicted octanol–water partition coefficient (Wildman–Crippen LogP) is 4.30. The van der Waals surface area contributed by atoms with E-state index in [1.165, 1.54) is 4.88 Å². The Morgan fingerprint density at radius 2 is 2.29 bits per heavy atom. The summed E-state index contributed by atoms with van der Waals surface area (Å²) in [7, 11) is 0. The molecule has 6 heteroatoms. The molecule has 3 rings (SSSR count). The molecule has 2 heterocycles. The zero-order chi connectivity index (χ0) is 14.8. The number of ether oxygens (including phenoxy) is 1. The Morgan fingerprint density at radius 1 is 1.43 bits per heavy atom. The molecule has 0 amide bonds. The van der Waals surface area contributed by atoms with Gasteiger partial charge in [0.1, 0.15) is 16.3 Å². The Morgan fingerprint density at radius 3 is 3.00 bits per heavy atom. The summed E-state index contributed by atoms with van der Waals surface area (Å²) in [4.78, 5) is 8.89. The van der Waals surface area contributed by atoms with Gasteiger partial charge in [-0.05, 0) is 37.7 Å². The minimum atomic E-state index is 0.689. The number of aromatic nitrogens is 3. The van der Waals surface area contributed by atoms with E-state index in [0.29, 0.717) is 17.9 Å². The van der Waals surface area contributed by atoms with Gasteiger partial charge in [-0.15, -0.1) is 11.3 Å². The molecule has 0 radical (unpaired) electrons. The van der Waals surface area contributed by atoms with Crippen molar-refractivity contribution >= 4 is 34.6 Å². The van der Waals surface area contributed by atoms with Gasteiger partial charge in [0.05, 0.1) is 18.7 Å². The molecule has 0 bridgehead atoms. The van der Waals surface area contributed by atoms with Gasteiger partial charge in [0, 0.05) is 11.1 Å². The highest BCUT2D eigenvalue weighted by atomic mass is 32.1. The van der Waals surface area contributed by atoms with E-state index >= 15 is 0 Å². The number of hydrogen-bond donors (Lipinski definition) is 1. The van der Waals surface area contributed by atoms with Crippen molar-refractivity contribution in [2.45, 2.75) is 26.8 Å². The molecule has 0 saturated heterocycles. The van der Waals surface area contributed by atoms with Crippen LogP contribution in [0, 0.1) is 11.7 Å². The fraction of sp³-hybridized carbons (Fsp3) is 0.333. The van der Waals surface area contributed by atoms with Gasteiger partial charge < -0.3 is 14.3 Å². The van der Waals surface area contributed by atoms with Crippen molar-refractivity contribution < 1.29 is 4.74 Å². The molecule has 0 spiro atoms. The Balaban J connectivity index is 2.03. The quantitative estimate of drug-likeness (QED) is 0.713. The van der Waals surface area contributed by atoms with Gasteiger partial charge in [-0.3, -0.25) is 0 Å². The number of aromatic amines is 1. The lowest BCUT2D eigenvalue weighted by Crippen LogP contribution is -1.99. The van der Waals surface area contributed by atoms with E-state index in [4.69, 9.17) is 17.0 Å². The number of thiazole rings is 1. The molecule has 0 aliphatic rings. The monoisotopic (exact) mass is 319 g/mol. The molecule has 21 heavy (non-hydrogen) atoms. The second kappa shape index (κ2) is 5.99. The van der Waals surface area contributed by atoms with Crippen molar-refractivity contribution in [1.82, 2.24) is 14.5 Å². The summed E-state index contributed by atoms with van der Waals surface area (Å²) < 4.78 is 8.56. The van der Waals surface area contributed by atoms with E-state index in [2.05, 4.69) is 34.4 Å². The third-order valence-corrected chi connectivity index (χ3v) is 4.42. The van der Waals surface area contributed by atoms with E-state index < -0.39 is 0 Å². The molecular weight excluding hydrogens is 302 g/mol. The molecule has 0 aliphatic carbocycles. The zero-order valence-electron chi connectivity index (χ0n) is 12.0. The molecule has 0 atom stereocenters. The third-order valence-electron chi connectivity index (χ3n) is 3.20. The van der Waals surface area contributed by atoms with E-state index in [-0.39, 0.29) is 0 Å².